The van der Waals surface area contributed by atoms with Gasteiger partial charge in [-0.2, -0.15) is 0 Å². The lowest BCUT2D eigenvalue weighted by Crippen LogP contribution is -1.96. The van der Waals surface area contributed by atoms with E-state index < -0.39 is 10.8 Å². The molecule has 0 amide bonds. The summed E-state index contributed by atoms with van der Waals surface area (Å²) in [6.07, 6.45) is 0. The van der Waals surface area contributed by atoms with Crippen molar-refractivity contribution in [3.8, 4) is 0 Å². The molecule has 88 valence electrons. The highest BCUT2D eigenvalue weighted by molar-refractivity contribution is 14.1. The molecule has 0 aliphatic rings. The lowest BCUT2D eigenvalue weighted by molar-refractivity contribution is 0.682. The third-order valence-electron chi connectivity index (χ3n) is 2.35. The molecule has 0 aliphatic carbocycles. The Morgan fingerprint density at radius 3 is 2.41 bits per heavy atom. The summed E-state index contributed by atoms with van der Waals surface area (Å²) < 4.78 is 13.2. The molecule has 0 radical (unpaired) electrons. The van der Waals surface area contributed by atoms with Gasteiger partial charge in [0.2, 0.25) is 0 Å². The van der Waals surface area contributed by atoms with Crippen LogP contribution in [0.25, 0.3) is 0 Å². The molecule has 2 aromatic rings. The van der Waals surface area contributed by atoms with Crippen LogP contribution in [0.3, 0.4) is 0 Å². The van der Waals surface area contributed by atoms with Gasteiger partial charge in [0, 0.05) is 8.47 Å². The molecule has 0 N–H and O–H groups in total. The van der Waals surface area contributed by atoms with E-state index in [0.29, 0.717) is 5.02 Å². The molecule has 0 fully saturated rings. The molecule has 0 bridgehead atoms. The SMILES string of the molecule is Cc1ccc(S(=O)c2cccc(Cl)c2I)cc1. The minimum Gasteiger partial charge on any atom is -0.249 e. The largest absolute Gasteiger partial charge is 0.249 e. The predicted molar refractivity (Wildman–Crippen MR) is 80.0 cm³/mol. The van der Waals surface area contributed by atoms with Crippen molar-refractivity contribution in [1.82, 2.24) is 0 Å². The minimum atomic E-state index is -1.17. The van der Waals surface area contributed by atoms with Crippen LogP contribution in [0.5, 0.6) is 0 Å². The van der Waals surface area contributed by atoms with Gasteiger partial charge in [-0.15, -0.1) is 0 Å². The Bertz CT molecular complexity index is 566. The van der Waals surface area contributed by atoms with E-state index in [-0.39, 0.29) is 0 Å². The highest BCUT2D eigenvalue weighted by atomic mass is 127. The fraction of sp³-hybridized carbons (Fsp3) is 0.0769. The van der Waals surface area contributed by atoms with Gasteiger partial charge in [0.1, 0.15) is 0 Å². The van der Waals surface area contributed by atoms with Gasteiger partial charge in [-0.05, 0) is 53.8 Å². The maximum absolute atomic E-state index is 12.4. The first kappa shape index (κ1) is 13.1. The number of halogens is 2. The van der Waals surface area contributed by atoms with E-state index >= 15 is 0 Å². The molecule has 2 rings (SSSR count). The molecule has 0 saturated carbocycles. The number of hydrogen-bond donors (Lipinski definition) is 0. The average Bonchev–Trinajstić information content (AvgIpc) is 2.33. The minimum absolute atomic E-state index is 0.642. The Labute approximate surface area is 122 Å². The van der Waals surface area contributed by atoms with Gasteiger partial charge >= 0.3 is 0 Å². The zero-order chi connectivity index (χ0) is 12.4. The molecular weight excluding hydrogens is 367 g/mol. The molecule has 0 heterocycles. The van der Waals surface area contributed by atoms with E-state index in [1.54, 1.807) is 6.07 Å². The molecule has 0 saturated heterocycles. The number of rotatable bonds is 2. The maximum atomic E-state index is 12.4. The van der Waals surface area contributed by atoms with E-state index in [1.807, 2.05) is 43.3 Å². The van der Waals surface area contributed by atoms with Crippen molar-refractivity contribution in [3.05, 3.63) is 56.6 Å². The molecule has 17 heavy (non-hydrogen) atoms. The monoisotopic (exact) mass is 376 g/mol. The van der Waals surface area contributed by atoms with Crippen LogP contribution in [0.4, 0.5) is 0 Å². The van der Waals surface area contributed by atoms with Gasteiger partial charge in [0.15, 0.2) is 0 Å². The van der Waals surface area contributed by atoms with Crippen LogP contribution >= 0.6 is 34.2 Å². The molecule has 4 heteroatoms. The summed E-state index contributed by atoms with van der Waals surface area (Å²) in [5.41, 5.74) is 1.16. The second-order valence-corrected chi connectivity index (χ2v) is 6.57. The topological polar surface area (TPSA) is 17.1 Å². The van der Waals surface area contributed by atoms with Crippen LogP contribution in [0.2, 0.25) is 5.02 Å². The lowest BCUT2D eigenvalue weighted by Gasteiger charge is -2.06. The number of benzene rings is 2. The summed E-state index contributed by atoms with van der Waals surface area (Å²) in [6.45, 7) is 2.01. The standard InChI is InChI=1S/C13H10ClIOS/c1-9-5-7-10(8-6-9)17(16)12-4-2-3-11(14)13(12)15/h2-8H,1H3. The summed E-state index contributed by atoms with van der Waals surface area (Å²) in [5.74, 6) is 0. The summed E-state index contributed by atoms with van der Waals surface area (Å²) in [6, 6.07) is 13.2. The van der Waals surface area contributed by atoms with Crippen molar-refractivity contribution in [3.63, 3.8) is 0 Å². The fourth-order valence-electron chi connectivity index (χ4n) is 1.42. The molecule has 2 aromatic carbocycles. The van der Waals surface area contributed by atoms with Crippen molar-refractivity contribution >= 4 is 45.0 Å². The van der Waals surface area contributed by atoms with Crippen LogP contribution in [0.1, 0.15) is 5.56 Å². The van der Waals surface area contributed by atoms with Gasteiger partial charge < -0.3 is 0 Å². The van der Waals surface area contributed by atoms with Crippen LogP contribution in [0.15, 0.2) is 52.3 Å². The Morgan fingerprint density at radius 2 is 1.76 bits per heavy atom. The van der Waals surface area contributed by atoms with Gasteiger partial charge in [0.05, 0.1) is 20.7 Å². The van der Waals surface area contributed by atoms with Gasteiger partial charge in [0.25, 0.3) is 0 Å². The van der Waals surface area contributed by atoms with Crippen LogP contribution in [0, 0.1) is 10.5 Å². The molecule has 0 aromatic heterocycles. The van der Waals surface area contributed by atoms with E-state index in [1.165, 1.54) is 0 Å². The Balaban J connectivity index is 2.44. The first-order chi connectivity index (χ1) is 8.09. The normalized spacial score (nSPS) is 12.4. The summed E-state index contributed by atoms with van der Waals surface area (Å²) in [4.78, 5) is 1.57. The smallest absolute Gasteiger partial charge is 0.0860 e. The molecule has 1 atom stereocenters. The van der Waals surface area contributed by atoms with Gasteiger partial charge in [-0.1, -0.05) is 35.4 Å². The molecule has 1 unspecified atom stereocenters. The predicted octanol–water partition coefficient (Wildman–Crippen LogP) is 4.42. The number of aryl methyl sites for hydroxylation is 1. The molecular formula is C13H10ClIOS. The van der Waals surface area contributed by atoms with Crippen molar-refractivity contribution in [2.24, 2.45) is 0 Å². The number of hydrogen-bond acceptors (Lipinski definition) is 1. The van der Waals surface area contributed by atoms with Crippen molar-refractivity contribution in [2.45, 2.75) is 16.7 Å². The van der Waals surface area contributed by atoms with E-state index in [9.17, 15) is 4.21 Å². The lowest BCUT2D eigenvalue weighted by atomic mass is 10.2. The van der Waals surface area contributed by atoms with E-state index in [4.69, 9.17) is 11.6 Å². The second kappa shape index (κ2) is 5.50. The zero-order valence-corrected chi connectivity index (χ0v) is 12.8. The highest BCUT2D eigenvalue weighted by Gasteiger charge is 2.12. The average molecular weight is 377 g/mol. The van der Waals surface area contributed by atoms with Crippen molar-refractivity contribution in [1.29, 1.82) is 0 Å². The zero-order valence-electron chi connectivity index (χ0n) is 9.11. The summed E-state index contributed by atoms with van der Waals surface area (Å²) in [7, 11) is -1.17. The first-order valence-corrected chi connectivity index (χ1v) is 7.62. The molecule has 0 aliphatic heterocycles. The first-order valence-electron chi connectivity index (χ1n) is 5.02. The maximum Gasteiger partial charge on any atom is 0.0860 e. The van der Waals surface area contributed by atoms with Crippen molar-refractivity contribution < 1.29 is 4.21 Å². The van der Waals surface area contributed by atoms with Gasteiger partial charge in [-0.25, -0.2) is 4.21 Å². The third-order valence-corrected chi connectivity index (χ3v) is 5.95. The molecule has 0 spiro atoms. The highest BCUT2D eigenvalue weighted by Crippen LogP contribution is 2.27. The quantitative estimate of drug-likeness (QED) is 0.709. The summed E-state index contributed by atoms with van der Waals surface area (Å²) >= 11 is 8.16. The Morgan fingerprint density at radius 1 is 1.12 bits per heavy atom. The van der Waals surface area contributed by atoms with Crippen LogP contribution in [-0.2, 0) is 10.8 Å². The van der Waals surface area contributed by atoms with Crippen LogP contribution in [-0.4, -0.2) is 4.21 Å². The van der Waals surface area contributed by atoms with E-state index in [2.05, 4.69) is 22.6 Å². The third kappa shape index (κ3) is 2.89. The second-order valence-electron chi connectivity index (χ2n) is 3.63. The summed E-state index contributed by atoms with van der Waals surface area (Å²) in [5, 5.41) is 0.642. The Kier molecular flexibility index (Phi) is 4.22. The van der Waals surface area contributed by atoms with E-state index in [0.717, 1.165) is 18.9 Å². The van der Waals surface area contributed by atoms with Crippen molar-refractivity contribution in [2.75, 3.05) is 0 Å². The Hall–Kier alpha value is -0.390. The van der Waals surface area contributed by atoms with Crippen LogP contribution < -0.4 is 0 Å². The fourth-order valence-corrected chi connectivity index (χ4v) is 3.72. The molecule has 1 nitrogen and oxygen atoms in total. The van der Waals surface area contributed by atoms with Gasteiger partial charge in [-0.3, -0.25) is 0 Å².